The lowest BCUT2D eigenvalue weighted by molar-refractivity contribution is -0.132. The summed E-state index contributed by atoms with van der Waals surface area (Å²) in [6, 6.07) is 4.40. The van der Waals surface area contributed by atoms with Crippen LogP contribution in [0.4, 0.5) is 0 Å². The minimum absolute atomic E-state index is 0.181. The van der Waals surface area contributed by atoms with Crippen molar-refractivity contribution in [2.45, 2.75) is 51.1 Å². The van der Waals surface area contributed by atoms with Crippen LogP contribution in [0, 0.1) is 0 Å². The van der Waals surface area contributed by atoms with Crippen LogP contribution in [0.15, 0.2) is 24.5 Å². The van der Waals surface area contributed by atoms with Crippen molar-refractivity contribution in [1.29, 1.82) is 0 Å². The van der Waals surface area contributed by atoms with Gasteiger partial charge in [0.25, 0.3) is 0 Å². The van der Waals surface area contributed by atoms with E-state index in [0.29, 0.717) is 6.42 Å². The van der Waals surface area contributed by atoms with E-state index in [1.807, 2.05) is 24.1 Å². The number of likely N-dealkylation sites (tertiary alicyclic amines) is 1. The van der Waals surface area contributed by atoms with Gasteiger partial charge in [0.15, 0.2) is 0 Å². The molecular weight excluding hydrogens is 238 g/mol. The summed E-state index contributed by atoms with van der Waals surface area (Å²) in [4.78, 5) is 18.4. The van der Waals surface area contributed by atoms with Gasteiger partial charge in [0, 0.05) is 31.4 Å². The van der Waals surface area contributed by atoms with E-state index in [1.54, 1.807) is 6.20 Å². The zero-order valence-electron chi connectivity index (χ0n) is 11.6. The van der Waals surface area contributed by atoms with Crippen molar-refractivity contribution in [3.05, 3.63) is 30.1 Å². The van der Waals surface area contributed by atoms with E-state index in [-0.39, 0.29) is 18.0 Å². The van der Waals surface area contributed by atoms with E-state index in [2.05, 4.69) is 11.1 Å². The van der Waals surface area contributed by atoms with E-state index in [4.69, 9.17) is 5.73 Å². The number of hydrogen-bond acceptors (Lipinski definition) is 3. The molecular formula is C15H23N3O. The first-order chi connectivity index (χ1) is 9.18. The molecule has 0 saturated carbocycles. The monoisotopic (exact) mass is 261 g/mol. The lowest BCUT2D eigenvalue weighted by Gasteiger charge is -2.25. The molecule has 19 heavy (non-hydrogen) atoms. The van der Waals surface area contributed by atoms with Crippen LogP contribution in [-0.2, 0) is 4.79 Å². The van der Waals surface area contributed by atoms with Crippen molar-refractivity contribution < 1.29 is 4.79 Å². The van der Waals surface area contributed by atoms with Crippen LogP contribution in [-0.4, -0.2) is 28.4 Å². The number of hydrogen-bond donors (Lipinski definition) is 1. The zero-order chi connectivity index (χ0) is 13.7. The maximum atomic E-state index is 12.3. The minimum atomic E-state index is 0.181. The standard InChI is InChI=1S/C15H23N3O/c1-12(16)5-2-8-15(19)18-10-4-7-14(18)13-6-3-9-17-11-13/h3,6,9,11-12,14H,2,4-5,7-8,10,16H2,1H3. The fourth-order valence-corrected chi connectivity index (χ4v) is 2.70. The molecule has 4 nitrogen and oxygen atoms in total. The van der Waals surface area contributed by atoms with Gasteiger partial charge >= 0.3 is 0 Å². The molecule has 0 spiro atoms. The van der Waals surface area contributed by atoms with Crippen LogP contribution in [0.1, 0.15) is 50.6 Å². The molecule has 2 rings (SSSR count). The van der Waals surface area contributed by atoms with E-state index >= 15 is 0 Å². The Morgan fingerprint density at radius 3 is 3.16 bits per heavy atom. The summed E-state index contributed by atoms with van der Waals surface area (Å²) < 4.78 is 0. The summed E-state index contributed by atoms with van der Waals surface area (Å²) in [7, 11) is 0. The fourth-order valence-electron chi connectivity index (χ4n) is 2.70. The van der Waals surface area contributed by atoms with Gasteiger partial charge < -0.3 is 10.6 Å². The second-order valence-electron chi connectivity index (χ2n) is 5.40. The van der Waals surface area contributed by atoms with Crippen molar-refractivity contribution in [3.63, 3.8) is 0 Å². The van der Waals surface area contributed by atoms with Crippen LogP contribution in [0.2, 0.25) is 0 Å². The largest absolute Gasteiger partial charge is 0.336 e. The van der Waals surface area contributed by atoms with E-state index in [0.717, 1.165) is 37.8 Å². The highest BCUT2D eigenvalue weighted by Gasteiger charge is 2.29. The normalized spacial score (nSPS) is 20.5. The van der Waals surface area contributed by atoms with Gasteiger partial charge in [0.1, 0.15) is 0 Å². The number of rotatable bonds is 5. The number of carbonyl (C=O) groups is 1. The van der Waals surface area contributed by atoms with Gasteiger partial charge in [0.2, 0.25) is 5.91 Å². The lowest BCUT2D eigenvalue weighted by atomic mass is 10.1. The van der Waals surface area contributed by atoms with Crippen LogP contribution < -0.4 is 5.73 Å². The van der Waals surface area contributed by atoms with E-state index < -0.39 is 0 Å². The molecule has 0 radical (unpaired) electrons. The van der Waals surface area contributed by atoms with Gasteiger partial charge in [-0.25, -0.2) is 0 Å². The van der Waals surface area contributed by atoms with Crippen LogP contribution in [0.5, 0.6) is 0 Å². The molecule has 1 aliphatic rings. The molecule has 1 aromatic heterocycles. The Bertz CT molecular complexity index is 405. The lowest BCUT2D eigenvalue weighted by Crippen LogP contribution is -2.30. The van der Waals surface area contributed by atoms with E-state index in [1.165, 1.54) is 0 Å². The zero-order valence-corrected chi connectivity index (χ0v) is 11.6. The topological polar surface area (TPSA) is 59.2 Å². The van der Waals surface area contributed by atoms with Crippen molar-refractivity contribution in [2.75, 3.05) is 6.54 Å². The van der Waals surface area contributed by atoms with Crippen molar-refractivity contribution in [3.8, 4) is 0 Å². The highest BCUT2D eigenvalue weighted by molar-refractivity contribution is 5.77. The highest BCUT2D eigenvalue weighted by atomic mass is 16.2. The molecule has 1 aromatic rings. The number of amides is 1. The van der Waals surface area contributed by atoms with Gasteiger partial charge in [-0.05, 0) is 44.2 Å². The summed E-state index contributed by atoms with van der Waals surface area (Å²) in [5.74, 6) is 0.256. The third kappa shape index (κ3) is 3.77. The SMILES string of the molecule is CC(N)CCCC(=O)N1CCCC1c1cccnc1. The molecule has 104 valence electrons. The number of nitrogens with zero attached hydrogens (tertiary/aromatic N) is 2. The smallest absolute Gasteiger partial charge is 0.223 e. The van der Waals surface area contributed by atoms with Crippen molar-refractivity contribution in [1.82, 2.24) is 9.88 Å². The predicted octanol–water partition coefficient (Wildman–Crippen LogP) is 2.26. The molecule has 4 heteroatoms. The number of carbonyl (C=O) groups excluding carboxylic acids is 1. The maximum Gasteiger partial charge on any atom is 0.223 e. The van der Waals surface area contributed by atoms with Crippen molar-refractivity contribution in [2.24, 2.45) is 5.73 Å². The number of nitrogens with two attached hydrogens (primary N) is 1. The first-order valence-electron chi connectivity index (χ1n) is 7.13. The number of aromatic nitrogens is 1. The molecule has 2 atom stereocenters. The highest BCUT2D eigenvalue weighted by Crippen LogP contribution is 2.32. The summed E-state index contributed by atoms with van der Waals surface area (Å²) in [5, 5.41) is 0. The first-order valence-corrected chi connectivity index (χ1v) is 7.13. The van der Waals surface area contributed by atoms with Crippen LogP contribution in [0.3, 0.4) is 0 Å². The summed E-state index contributed by atoms with van der Waals surface area (Å²) >= 11 is 0. The molecule has 2 heterocycles. The Morgan fingerprint density at radius 2 is 2.47 bits per heavy atom. The third-order valence-corrected chi connectivity index (χ3v) is 3.69. The Hall–Kier alpha value is -1.42. The van der Waals surface area contributed by atoms with Gasteiger partial charge in [0.05, 0.1) is 6.04 Å². The molecule has 1 amide bonds. The maximum absolute atomic E-state index is 12.3. The predicted molar refractivity (Wildman–Crippen MR) is 75.4 cm³/mol. The average molecular weight is 261 g/mol. The van der Waals surface area contributed by atoms with Gasteiger partial charge in [-0.2, -0.15) is 0 Å². The summed E-state index contributed by atoms with van der Waals surface area (Å²) in [6.45, 7) is 2.86. The van der Waals surface area contributed by atoms with Gasteiger partial charge in [-0.3, -0.25) is 9.78 Å². The van der Waals surface area contributed by atoms with E-state index in [9.17, 15) is 4.79 Å². The minimum Gasteiger partial charge on any atom is -0.336 e. The quantitative estimate of drug-likeness (QED) is 0.884. The Morgan fingerprint density at radius 1 is 1.63 bits per heavy atom. The second kappa shape index (κ2) is 6.66. The molecule has 1 saturated heterocycles. The Labute approximate surface area is 115 Å². The Balaban J connectivity index is 1.93. The van der Waals surface area contributed by atoms with Crippen molar-refractivity contribution >= 4 is 5.91 Å². The summed E-state index contributed by atoms with van der Waals surface area (Å²) in [5.41, 5.74) is 6.87. The van der Waals surface area contributed by atoms with Gasteiger partial charge in [-0.15, -0.1) is 0 Å². The molecule has 2 unspecified atom stereocenters. The Kier molecular flexibility index (Phi) is 4.91. The molecule has 2 N–H and O–H groups in total. The fraction of sp³-hybridized carbons (Fsp3) is 0.600. The first kappa shape index (κ1) is 14.0. The second-order valence-corrected chi connectivity index (χ2v) is 5.40. The molecule has 0 aromatic carbocycles. The van der Waals surface area contributed by atoms with Gasteiger partial charge in [-0.1, -0.05) is 6.07 Å². The average Bonchev–Trinajstić information content (AvgIpc) is 2.88. The summed E-state index contributed by atoms with van der Waals surface area (Å²) in [6.07, 6.45) is 8.18. The van der Waals surface area contributed by atoms with Crippen LogP contribution in [0.25, 0.3) is 0 Å². The molecule has 0 aliphatic carbocycles. The number of pyridine rings is 1. The molecule has 1 fully saturated rings. The third-order valence-electron chi connectivity index (χ3n) is 3.69. The molecule has 0 bridgehead atoms. The van der Waals surface area contributed by atoms with Crippen LogP contribution >= 0.6 is 0 Å². The molecule has 1 aliphatic heterocycles.